The summed E-state index contributed by atoms with van der Waals surface area (Å²) < 4.78 is 37.2. The topological polar surface area (TPSA) is 99.7 Å². The van der Waals surface area contributed by atoms with Crippen molar-refractivity contribution < 1.29 is 27.5 Å². The Bertz CT molecular complexity index is 1060. The fourth-order valence-electron chi connectivity index (χ4n) is 5.12. The second kappa shape index (κ2) is 14.4. The fourth-order valence-corrected chi connectivity index (χ4v) is 6.74. The smallest absolute Gasteiger partial charge is 0.410 e. The van der Waals surface area contributed by atoms with Gasteiger partial charge in [-0.1, -0.05) is 13.3 Å². The lowest BCUT2D eigenvalue weighted by molar-refractivity contribution is -0.138. The second-order valence-electron chi connectivity index (χ2n) is 11.8. The number of nitrogens with zero attached hydrogens (tertiary/aromatic N) is 4. The van der Waals surface area contributed by atoms with Gasteiger partial charge in [-0.2, -0.15) is 0 Å². The van der Waals surface area contributed by atoms with Crippen LogP contribution in [0.25, 0.3) is 0 Å². The van der Waals surface area contributed by atoms with Crippen LogP contribution in [-0.4, -0.2) is 101 Å². The largest absolute Gasteiger partial charge is 0.468 e. The van der Waals surface area contributed by atoms with Crippen LogP contribution in [0.2, 0.25) is 0 Å². The lowest BCUT2D eigenvalue weighted by atomic mass is 9.93. The molecule has 0 aromatic heterocycles. The summed E-state index contributed by atoms with van der Waals surface area (Å²) in [6, 6.07) is 7.42. The number of ether oxygens (including phenoxy) is 2. The molecule has 0 saturated carbocycles. The van der Waals surface area contributed by atoms with Gasteiger partial charge in [0.05, 0.1) is 18.6 Å². The number of piperazine rings is 1. The Hall–Kier alpha value is -2.53. The Morgan fingerprint density at radius 3 is 2.17 bits per heavy atom. The van der Waals surface area contributed by atoms with Crippen LogP contribution in [-0.2, 0) is 24.3 Å². The van der Waals surface area contributed by atoms with Crippen LogP contribution in [0.3, 0.4) is 0 Å². The number of hydrogen-bond donors (Lipinski definition) is 0. The Morgan fingerprint density at radius 2 is 1.62 bits per heavy atom. The number of sulfonamides is 1. The number of benzene rings is 1. The van der Waals surface area contributed by atoms with Gasteiger partial charge < -0.3 is 19.3 Å². The molecule has 0 spiro atoms. The predicted molar refractivity (Wildman–Crippen MR) is 158 cm³/mol. The third-order valence-electron chi connectivity index (χ3n) is 7.59. The fraction of sp³-hybridized carbons (Fsp3) is 0.724. The van der Waals surface area contributed by atoms with E-state index in [1.165, 1.54) is 7.11 Å². The maximum Gasteiger partial charge on any atom is 0.410 e. The van der Waals surface area contributed by atoms with Crippen LogP contribution in [0.5, 0.6) is 0 Å². The first kappa shape index (κ1) is 32.0. The molecule has 0 aliphatic carbocycles. The Labute approximate surface area is 240 Å². The van der Waals surface area contributed by atoms with Crippen molar-refractivity contribution in [2.75, 3.05) is 74.4 Å². The average molecular weight is 581 g/mol. The molecule has 0 N–H and O–H groups in total. The van der Waals surface area contributed by atoms with Crippen molar-refractivity contribution in [2.24, 2.45) is 5.92 Å². The van der Waals surface area contributed by atoms with Gasteiger partial charge in [0.25, 0.3) is 0 Å². The zero-order valence-corrected chi connectivity index (χ0v) is 25.7. The van der Waals surface area contributed by atoms with E-state index in [1.54, 1.807) is 12.1 Å². The summed E-state index contributed by atoms with van der Waals surface area (Å²) >= 11 is 0. The molecular weight excluding hydrogens is 532 g/mol. The first-order valence-corrected chi connectivity index (χ1v) is 16.2. The number of esters is 1. The summed E-state index contributed by atoms with van der Waals surface area (Å²) in [6.45, 7) is 13.6. The van der Waals surface area contributed by atoms with E-state index in [9.17, 15) is 18.0 Å². The van der Waals surface area contributed by atoms with Crippen molar-refractivity contribution in [3.05, 3.63) is 24.3 Å². The summed E-state index contributed by atoms with van der Waals surface area (Å²) in [5, 5.41) is 0. The summed E-state index contributed by atoms with van der Waals surface area (Å²) in [7, 11) is -2.37. The molecule has 2 heterocycles. The van der Waals surface area contributed by atoms with E-state index in [2.05, 4.69) is 9.80 Å². The van der Waals surface area contributed by atoms with Gasteiger partial charge in [0, 0.05) is 45.0 Å². The molecule has 10 nitrogen and oxygen atoms in total. The SMILES string of the molecule is CCCCS(=O)(=O)N(CC(=O)OC)c1ccc(N2CCN(CCC3CCN(C(=O)OC(C)(C)C)CC3)CC2)cc1. The highest BCUT2D eigenvalue weighted by molar-refractivity contribution is 7.92. The third-order valence-corrected chi connectivity index (χ3v) is 9.40. The minimum atomic E-state index is -3.63. The molecule has 0 atom stereocenters. The molecule has 0 radical (unpaired) electrons. The Balaban J connectivity index is 1.46. The minimum absolute atomic E-state index is 0.00689. The van der Waals surface area contributed by atoms with Gasteiger partial charge in [0.1, 0.15) is 12.1 Å². The predicted octanol–water partition coefficient (Wildman–Crippen LogP) is 3.96. The molecule has 1 aromatic rings. The number of unbranched alkanes of at least 4 members (excludes halogenated alkanes) is 1. The van der Waals surface area contributed by atoms with E-state index in [0.717, 1.165) is 81.5 Å². The van der Waals surface area contributed by atoms with Crippen molar-refractivity contribution in [1.82, 2.24) is 9.80 Å². The molecule has 2 saturated heterocycles. The van der Waals surface area contributed by atoms with E-state index >= 15 is 0 Å². The van der Waals surface area contributed by atoms with Crippen LogP contribution < -0.4 is 9.21 Å². The number of carbonyl (C=O) groups excluding carboxylic acids is 2. The van der Waals surface area contributed by atoms with E-state index in [0.29, 0.717) is 18.0 Å². The van der Waals surface area contributed by atoms with E-state index in [-0.39, 0.29) is 18.4 Å². The number of carbonyl (C=O) groups is 2. The molecule has 3 rings (SSSR count). The molecule has 226 valence electrons. The molecule has 1 amide bonds. The summed E-state index contributed by atoms with van der Waals surface area (Å²) in [5.74, 6) is 0.0345. The van der Waals surface area contributed by atoms with Gasteiger partial charge in [-0.25, -0.2) is 13.2 Å². The Kier molecular flexibility index (Phi) is 11.5. The zero-order chi connectivity index (χ0) is 29.3. The maximum atomic E-state index is 12.9. The van der Waals surface area contributed by atoms with Crippen LogP contribution in [0, 0.1) is 5.92 Å². The number of methoxy groups -OCH3 is 1. The number of piperidine rings is 1. The second-order valence-corrected chi connectivity index (χ2v) is 13.8. The molecule has 11 heteroatoms. The lowest BCUT2D eigenvalue weighted by Crippen LogP contribution is -2.47. The van der Waals surface area contributed by atoms with Gasteiger partial charge in [0.15, 0.2) is 0 Å². The van der Waals surface area contributed by atoms with Gasteiger partial charge in [-0.3, -0.25) is 14.0 Å². The minimum Gasteiger partial charge on any atom is -0.468 e. The Morgan fingerprint density at radius 1 is 1.00 bits per heavy atom. The van der Waals surface area contributed by atoms with Crippen LogP contribution >= 0.6 is 0 Å². The van der Waals surface area contributed by atoms with Crippen LogP contribution in [0.1, 0.15) is 59.8 Å². The monoisotopic (exact) mass is 580 g/mol. The van der Waals surface area contributed by atoms with Crippen molar-refractivity contribution in [2.45, 2.75) is 65.4 Å². The molecule has 0 bridgehead atoms. The molecule has 2 fully saturated rings. The molecular formula is C29H48N4O6S. The van der Waals surface area contributed by atoms with Gasteiger partial charge >= 0.3 is 12.1 Å². The van der Waals surface area contributed by atoms with E-state index in [4.69, 9.17) is 9.47 Å². The highest BCUT2D eigenvalue weighted by Crippen LogP contribution is 2.26. The molecule has 2 aliphatic rings. The third kappa shape index (κ3) is 9.54. The van der Waals surface area contributed by atoms with Crippen molar-refractivity contribution >= 4 is 33.5 Å². The molecule has 40 heavy (non-hydrogen) atoms. The molecule has 2 aliphatic heterocycles. The number of hydrogen-bond acceptors (Lipinski definition) is 8. The van der Waals surface area contributed by atoms with Gasteiger partial charge in [-0.05, 0) is 83.2 Å². The number of likely N-dealkylation sites (tertiary alicyclic amines) is 1. The zero-order valence-electron chi connectivity index (χ0n) is 24.9. The number of rotatable bonds is 11. The van der Waals surface area contributed by atoms with Gasteiger partial charge in [-0.15, -0.1) is 0 Å². The highest BCUT2D eigenvalue weighted by Gasteiger charge is 2.28. The normalized spacial score (nSPS) is 17.5. The highest BCUT2D eigenvalue weighted by atomic mass is 32.2. The average Bonchev–Trinajstić information content (AvgIpc) is 2.93. The molecule has 0 unspecified atom stereocenters. The lowest BCUT2D eigenvalue weighted by Gasteiger charge is -2.38. The summed E-state index contributed by atoms with van der Waals surface area (Å²) in [4.78, 5) is 30.9. The number of amides is 1. The number of anilines is 2. The van der Waals surface area contributed by atoms with Crippen molar-refractivity contribution in [3.8, 4) is 0 Å². The summed E-state index contributed by atoms with van der Waals surface area (Å²) in [6.07, 6.45) is 4.26. The van der Waals surface area contributed by atoms with Crippen LogP contribution in [0.15, 0.2) is 24.3 Å². The van der Waals surface area contributed by atoms with Crippen molar-refractivity contribution in [1.29, 1.82) is 0 Å². The van der Waals surface area contributed by atoms with E-state index in [1.807, 2.05) is 44.7 Å². The standard InChI is InChI=1S/C29H48N4O6S/c1-6-7-22-40(36,37)33(23-27(34)38-5)26-10-8-25(9-11-26)31-20-18-30(19-21-31)15-12-24-13-16-32(17-14-24)28(35)39-29(2,3)4/h8-11,24H,6-7,12-23H2,1-5H3. The first-order chi connectivity index (χ1) is 18.9. The molecule has 1 aromatic carbocycles. The van der Waals surface area contributed by atoms with Gasteiger partial charge in [0.2, 0.25) is 10.0 Å². The maximum absolute atomic E-state index is 12.9. The van der Waals surface area contributed by atoms with E-state index < -0.39 is 21.6 Å². The van der Waals surface area contributed by atoms with Crippen LogP contribution in [0.4, 0.5) is 16.2 Å². The summed E-state index contributed by atoms with van der Waals surface area (Å²) in [5.41, 5.74) is 1.06. The van der Waals surface area contributed by atoms with Crippen molar-refractivity contribution in [3.63, 3.8) is 0 Å². The first-order valence-electron chi connectivity index (χ1n) is 14.5. The quantitative estimate of drug-likeness (QED) is 0.363.